The molecule has 0 N–H and O–H groups in total. The van der Waals surface area contributed by atoms with Crippen molar-refractivity contribution in [2.24, 2.45) is 0 Å². The topological polar surface area (TPSA) is 35.5 Å². The van der Waals surface area contributed by atoms with Crippen LogP contribution in [0.2, 0.25) is 0 Å². The van der Waals surface area contributed by atoms with Gasteiger partial charge in [0, 0.05) is 0 Å². The Bertz CT molecular complexity index is 248. The SMILES string of the molecule is COC(=O)[CH-]Oc1ccccc1.[Li+]. The standard InChI is InChI=1S/C9H9O3.Li/c1-11-9(10)7-12-8-5-3-2-4-6-8;/h2-7H,1H3;/q-1;+1. The first-order valence-corrected chi connectivity index (χ1v) is 3.46. The molecule has 3 nitrogen and oxygen atoms in total. The maximum atomic E-state index is 10.6. The molecule has 0 aliphatic carbocycles. The summed E-state index contributed by atoms with van der Waals surface area (Å²) < 4.78 is 9.31. The minimum absolute atomic E-state index is 0. The van der Waals surface area contributed by atoms with E-state index in [2.05, 4.69) is 4.74 Å². The van der Waals surface area contributed by atoms with Crippen molar-refractivity contribution in [3.05, 3.63) is 36.9 Å². The van der Waals surface area contributed by atoms with Crippen LogP contribution in [-0.2, 0) is 9.53 Å². The van der Waals surface area contributed by atoms with E-state index < -0.39 is 5.97 Å². The molecule has 0 spiro atoms. The van der Waals surface area contributed by atoms with Gasteiger partial charge in [0.05, 0.1) is 12.9 Å². The molecule has 64 valence electrons. The number of esters is 1. The summed E-state index contributed by atoms with van der Waals surface area (Å²) in [7, 11) is 1.30. The first-order chi connectivity index (χ1) is 5.83. The fourth-order valence-corrected chi connectivity index (χ4v) is 0.663. The average Bonchev–Trinajstić information content (AvgIpc) is 2.16. The Balaban J connectivity index is 0.00000144. The van der Waals surface area contributed by atoms with Crippen LogP contribution in [-0.4, -0.2) is 13.1 Å². The molecule has 0 bridgehead atoms. The summed E-state index contributed by atoms with van der Waals surface area (Å²) >= 11 is 0. The van der Waals surface area contributed by atoms with Gasteiger partial charge in [-0.1, -0.05) is 18.2 Å². The second kappa shape index (κ2) is 6.47. The quantitative estimate of drug-likeness (QED) is 0.313. The summed E-state index contributed by atoms with van der Waals surface area (Å²) in [5.74, 6) is 0.113. The van der Waals surface area contributed by atoms with Crippen molar-refractivity contribution in [1.29, 1.82) is 0 Å². The second-order valence-corrected chi connectivity index (χ2v) is 2.07. The van der Waals surface area contributed by atoms with Gasteiger partial charge in [-0.05, 0) is 12.1 Å². The second-order valence-electron chi connectivity index (χ2n) is 2.07. The summed E-state index contributed by atoms with van der Waals surface area (Å²) in [5, 5.41) is 0. The van der Waals surface area contributed by atoms with Crippen molar-refractivity contribution in [2.45, 2.75) is 0 Å². The first kappa shape index (κ1) is 12.0. The Labute approximate surface area is 89.2 Å². The van der Waals surface area contributed by atoms with Gasteiger partial charge in [0.15, 0.2) is 0 Å². The van der Waals surface area contributed by atoms with Gasteiger partial charge < -0.3 is 9.47 Å². The number of ether oxygens (including phenoxy) is 2. The van der Waals surface area contributed by atoms with Crippen LogP contribution in [0.1, 0.15) is 0 Å². The van der Waals surface area contributed by atoms with Crippen LogP contribution >= 0.6 is 0 Å². The molecule has 0 heterocycles. The van der Waals surface area contributed by atoms with Gasteiger partial charge in [-0.15, -0.1) is 6.61 Å². The third-order valence-electron chi connectivity index (χ3n) is 1.24. The number of hydrogen-bond donors (Lipinski definition) is 0. The van der Waals surface area contributed by atoms with Crippen molar-refractivity contribution in [1.82, 2.24) is 0 Å². The van der Waals surface area contributed by atoms with Crippen molar-refractivity contribution in [3.8, 4) is 5.75 Å². The van der Waals surface area contributed by atoms with E-state index >= 15 is 0 Å². The molecule has 0 aromatic heterocycles. The fourth-order valence-electron chi connectivity index (χ4n) is 0.663. The number of hydrogen-bond acceptors (Lipinski definition) is 3. The van der Waals surface area contributed by atoms with E-state index in [1.54, 1.807) is 12.1 Å². The number of carbonyl (C=O) groups is 1. The van der Waals surface area contributed by atoms with E-state index in [9.17, 15) is 4.79 Å². The largest absolute Gasteiger partial charge is 1.00 e. The number of benzene rings is 1. The number of carbonyl (C=O) groups excluding carboxylic acids is 1. The molecule has 1 rings (SSSR count). The normalized spacial score (nSPS) is 8.08. The van der Waals surface area contributed by atoms with Gasteiger partial charge in [-0.2, -0.15) is 0 Å². The van der Waals surface area contributed by atoms with Gasteiger partial charge in [0.25, 0.3) is 0 Å². The number of methoxy groups -OCH3 is 1. The Morgan fingerprint density at radius 1 is 1.31 bits per heavy atom. The Kier molecular flexibility index (Phi) is 5.95. The van der Waals surface area contributed by atoms with E-state index in [1.165, 1.54) is 7.11 Å². The molecule has 0 unspecified atom stereocenters. The van der Waals surface area contributed by atoms with E-state index in [4.69, 9.17) is 4.74 Å². The van der Waals surface area contributed by atoms with Gasteiger partial charge in [-0.25, -0.2) is 0 Å². The summed E-state index contributed by atoms with van der Waals surface area (Å²) in [6, 6.07) is 9.00. The maximum absolute atomic E-state index is 10.6. The minimum Gasteiger partial charge on any atom is -0.633 e. The summed E-state index contributed by atoms with van der Waals surface area (Å²) in [6.45, 7) is 1.02. The van der Waals surface area contributed by atoms with Gasteiger partial charge in [0.2, 0.25) is 5.97 Å². The maximum Gasteiger partial charge on any atom is 1.00 e. The summed E-state index contributed by atoms with van der Waals surface area (Å²) in [6.07, 6.45) is 0. The third kappa shape index (κ3) is 4.51. The van der Waals surface area contributed by atoms with Crippen LogP contribution in [0.5, 0.6) is 5.75 Å². The molecule has 4 heteroatoms. The summed E-state index contributed by atoms with van der Waals surface area (Å²) in [4.78, 5) is 10.6. The smallest absolute Gasteiger partial charge is 0.633 e. The van der Waals surface area contributed by atoms with Crippen LogP contribution < -0.4 is 23.6 Å². The molecule has 0 amide bonds. The average molecular weight is 172 g/mol. The molecular weight excluding hydrogens is 163 g/mol. The summed E-state index contributed by atoms with van der Waals surface area (Å²) in [5.41, 5.74) is 0. The van der Waals surface area contributed by atoms with Gasteiger partial charge in [0.1, 0.15) is 0 Å². The van der Waals surface area contributed by atoms with Crippen LogP contribution in [0.4, 0.5) is 0 Å². The fraction of sp³-hybridized carbons (Fsp3) is 0.111. The molecule has 0 saturated heterocycles. The van der Waals surface area contributed by atoms with Crippen LogP contribution in [0.15, 0.2) is 30.3 Å². The van der Waals surface area contributed by atoms with Crippen LogP contribution in [0.3, 0.4) is 0 Å². The molecule has 1 aromatic rings. The molecule has 0 aliphatic heterocycles. The molecular formula is C9H9LiO3. The predicted molar refractivity (Wildman–Crippen MR) is 43.4 cm³/mol. The van der Waals surface area contributed by atoms with Crippen molar-refractivity contribution < 1.29 is 33.1 Å². The third-order valence-corrected chi connectivity index (χ3v) is 1.24. The number of rotatable bonds is 3. The molecule has 0 radical (unpaired) electrons. The monoisotopic (exact) mass is 172 g/mol. The molecule has 0 aliphatic rings. The molecule has 1 aromatic carbocycles. The Morgan fingerprint density at radius 3 is 2.46 bits per heavy atom. The van der Waals surface area contributed by atoms with E-state index in [0.29, 0.717) is 5.75 Å². The van der Waals surface area contributed by atoms with E-state index in [0.717, 1.165) is 6.61 Å². The zero-order valence-electron chi connectivity index (χ0n) is 7.69. The Hall–Kier alpha value is -1.04. The van der Waals surface area contributed by atoms with Gasteiger partial charge >= 0.3 is 18.9 Å². The van der Waals surface area contributed by atoms with Crippen LogP contribution in [0.25, 0.3) is 0 Å². The molecule has 0 fully saturated rings. The first-order valence-electron chi connectivity index (χ1n) is 3.46. The van der Waals surface area contributed by atoms with Gasteiger partial charge in [-0.3, -0.25) is 4.79 Å². The van der Waals surface area contributed by atoms with Crippen LogP contribution in [0, 0.1) is 6.61 Å². The van der Waals surface area contributed by atoms with Crippen molar-refractivity contribution in [3.63, 3.8) is 0 Å². The van der Waals surface area contributed by atoms with Crippen molar-refractivity contribution >= 4 is 5.97 Å². The molecule has 0 saturated carbocycles. The predicted octanol–water partition coefficient (Wildman–Crippen LogP) is -1.60. The zero-order valence-corrected chi connectivity index (χ0v) is 7.69. The number of para-hydroxylation sites is 1. The van der Waals surface area contributed by atoms with E-state index in [-0.39, 0.29) is 18.9 Å². The molecule has 13 heavy (non-hydrogen) atoms. The van der Waals surface area contributed by atoms with E-state index in [1.807, 2.05) is 18.2 Å². The van der Waals surface area contributed by atoms with Crippen molar-refractivity contribution in [2.75, 3.05) is 7.11 Å². The zero-order chi connectivity index (χ0) is 8.81. The molecule has 0 atom stereocenters. The Morgan fingerprint density at radius 2 is 1.92 bits per heavy atom. The minimum atomic E-state index is -0.501.